The van der Waals surface area contributed by atoms with Crippen molar-refractivity contribution >= 4 is 32.7 Å². The first-order valence-corrected chi connectivity index (χ1v) is 10.6. The maximum atomic E-state index is 13.8. The molecule has 0 saturated heterocycles. The molecule has 0 unspecified atom stereocenters. The van der Waals surface area contributed by atoms with Crippen molar-refractivity contribution in [3.05, 3.63) is 109 Å². The third-order valence-electron chi connectivity index (χ3n) is 5.97. The lowest BCUT2D eigenvalue weighted by Crippen LogP contribution is -1.91. The zero-order valence-electron chi connectivity index (χ0n) is 17.5. The molecule has 2 aromatic heterocycles. The van der Waals surface area contributed by atoms with Gasteiger partial charge in [-0.2, -0.15) is 5.26 Å². The highest BCUT2D eigenvalue weighted by molar-refractivity contribution is 6.12. The van der Waals surface area contributed by atoms with Gasteiger partial charge >= 0.3 is 0 Å². The third-order valence-corrected chi connectivity index (χ3v) is 5.97. The molecule has 0 fully saturated rings. The van der Waals surface area contributed by atoms with Gasteiger partial charge in [0.05, 0.1) is 28.2 Å². The van der Waals surface area contributed by atoms with Crippen molar-refractivity contribution in [2.24, 2.45) is 0 Å². The molecule has 6 rings (SSSR count). The Labute approximate surface area is 189 Å². The molecule has 0 amide bonds. The molecule has 6 aromatic rings. The number of rotatable bonds is 2. The first-order chi connectivity index (χ1) is 16.2. The minimum Gasteiger partial charge on any atom is -0.254 e. The standard InChI is InChI=1S/C29H16FN3/c30-24-12-11-22-14-23-15-26(25-2-1-13-32-29(25)28(23)33-27(22)16-24)21-9-7-20(8-10-21)19-5-3-18(17-31)4-6-19/h1-16H. The molecule has 0 spiro atoms. The van der Waals surface area contributed by atoms with E-state index >= 15 is 0 Å². The summed E-state index contributed by atoms with van der Waals surface area (Å²) >= 11 is 0. The third kappa shape index (κ3) is 3.28. The maximum Gasteiger partial charge on any atom is 0.125 e. The topological polar surface area (TPSA) is 49.6 Å². The molecule has 0 N–H and O–H groups in total. The van der Waals surface area contributed by atoms with E-state index in [2.05, 4.69) is 41.4 Å². The van der Waals surface area contributed by atoms with E-state index in [0.717, 1.165) is 49.4 Å². The normalized spacial score (nSPS) is 11.2. The molecular formula is C29H16FN3. The van der Waals surface area contributed by atoms with E-state index < -0.39 is 0 Å². The van der Waals surface area contributed by atoms with Crippen LogP contribution in [-0.2, 0) is 0 Å². The summed E-state index contributed by atoms with van der Waals surface area (Å²) in [4.78, 5) is 9.37. The summed E-state index contributed by atoms with van der Waals surface area (Å²) < 4.78 is 13.8. The molecule has 0 bridgehead atoms. The van der Waals surface area contributed by atoms with Crippen molar-refractivity contribution < 1.29 is 4.39 Å². The van der Waals surface area contributed by atoms with Gasteiger partial charge < -0.3 is 0 Å². The molecule has 3 nitrogen and oxygen atoms in total. The molecule has 0 atom stereocenters. The Bertz CT molecular complexity index is 1710. The van der Waals surface area contributed by atoms with Crippen LogP contribution >= 0.6 is 0 Å². The average Bonchev–Trinajstić information content (AvgIpc) is 2.87. The lowest BCUT2D eigenvalue weighted by atomic mass is 9.95. The SMILES string of the molecule is N#Cc1ccc(-c2ccc(-c3cc4cc5ccc(F)cc5nc4c4ncccc34)cc2)cc1. The molecule has 0 radical (unpaired) electrons. The van der Waals surface area contributed by atoms with Crippen molar-refractivity contribution in [2.75, 3.05) is 0 Å². The number of benzene rings is 4. The maximum absolute atomic E-state index is 13.8. The summed E-state index contributed by atoms with van der Waals surface area (Å²) in [5.41, 5.74) is 7.12. The number of nitrogens with zero attached hydrogens (tertiary/aromatic N) is 3. The van der Waals surface area contributed by atoms with Crippen LogP contribution in [0.1, 0.15) is 5.56 Å². The number of pyridine rings is 2. The highest BCUT2D eigenvalue weighted by Crippen LogP contribution is 2.35. The zero-order valence-corrected chi connectivity index (χ0v) is 17.5. The zero-order chi connectivity index (χ0) is 22.4. The van der Waals surface area contributed by atoms with Gasteiger partial charge in [-0.05, 0) is 64.7 Å². The number of hydrogen-bond acceptors (Lipinski definition) is 3. The Balaban J connectivity index is 1.53. The van der Waals surface area contributed by atoms with Crippen LogP contribution in [0.15, 0.2) is 97.2 Å². The van der Waals surface area contributed by atoms with Gasteiger partial charge in [0.2, 0.25) is 0 Å². The molecule has 0 aliphatic heterocycles. The Hall–Kier alpha value is -4.62. The Morgan fingerprint density at radius 1 is 0.697 bits per heavy atom. The number of fused-ring (bicyclic) bond motifs is 4. The van der Waals surface area contributed by atoms with E-state index in [9.17, 15) is 4.39 Å². The predicted molar refractivity (Wildman–Crippen MR) is 130 cm³/mol. The molecule has 0 aliphatic carbocycles. The smallest absolute Gasteiger partial charge is 0.125 e. The van der Waals surface area contributed by atoms with Crippen LogP contribution in [0.5, 0.6) is 0 Å². The predicted octanol–water partition coefficient (Wildman–Crippen LogP) is 7.28. The number of nitriles is 1. The fourth-order valence-electron chi connectivity index (χ4n) is 4.32. The second kappa shape index (κ2) is 7.51. The minimum absolute atomic E-state index is 0.300. The van der Waals surface area contributed by atoms with Crippen LogP contribution in [0, 0.1) is 17.1 Å². The summed E-state index contributed by atoms with van der Waals surface area (Å²) in [6, 6.07) is 30.9. The molecule has 2 heterocycles. The van der Waals surface area contributed by atoms with E-state index in [1.807, 2.05) is 42.5 Å². The summed E-state index contributed by atoms with van der Waals surface area (Å²) in [6.45, 7) is 0. The van der Waals surface area contributed by atoms with E-state index in [-0.39, 0.29) is 5.82 Å². The molecule has 33 heavy (non-hydrogen) atoms. The molecule has 4 heteroatoms. The van der Waals surface area contributed by atoms with Crippen molar-refractivity contribution in [1.82, 2.24) is 9.97 Å². The van der Waals surface area contributed by atoms with Gasteiger partial charge in [0, 0.05) is 28.4 Å². The van der Waals surface area contributed by atoms with E-state index in [0.29, 0.717) is 11.1 Å². The Morgan fingerprint density at radius 2 is 1.42 bits per heavy atom. The van der Waals surface area contributed by atoms with Crippen molar-refractivity contribution in [2.45, 2.75) is 0 Å². The summed E-state index contributed by atoms with van der Waals surface area (Å²) in [5.74, 6) is -0.300. The fourth-order valence-corrected chi connectivity index (χ4v) is 4.32. The molecule has 0 aliphatic rings. The van der Waals surface area contributed by atoms with Crippen molar-refractivity contribution in [1.29, 1.82) is 5.26 Å². The monoisotopic (exact) mass is 425 g/mol. The quantitative estimate of drug-likeness (QED) is 0.216. The Kier molecular flexibility index (Phi) is 4.34. The van der Waals surface area contributed by atoms with Gasteiger partial charge in [-0.15, -0.1) is 0 Å². The van der Waals surface area contributed by atoms with Crippen LogP contribution in [0.2, 0.25) is 0 Å². The van der Waals surface area contributed by atoms with Crippen LogP contribution in [0.3, 0.4) is 0 Å². The molecule has 154 valence electrons. The summed E-state index contributed by atoms with van der Waals surface area (Å²) in [6.07, 6.45) is 1.76. The number of aromatic nitrogens is 2. The van der Waals surface area contributed by atoms with Crippen molar-refractivity contribution in [3.8, 4) is 28.3 Å². The van der Waals surface area contributed by atoms with Gasteiger partial charge in [-0.1, -0.05) is 42.5 Å². The largest absolute Gasteiger partial charge is 0.254 e. The van der Waals surface area contributed by atoms with Crippen LogP contribution in [-0.4, -0.2) is 9.97 Å². The summed E-state index contributed by atoms with van der Waals surface area (Å²) in [7, 11) is 0. The van der Waals surface area contributed by atoms with Crippen molar-refractivity contribution in [3.63, 3.8) is 0 Å². The Morgan fingerprint density at radius 3 is 2.18 bits per heavy atom. The first kappa shape index (κ1) is 19.1. The van der Waals surface area contributed by atoms with Crippen LogP contribution in [0.4, 0.5) is 4.39 Å². The molecule has 0 saturated carbocycles. The van der Waals surface area contributed by atoms with Crippen LogP contribution < -0.4 is 0 Å². The highest BCUT2D eigenvalue weighted by Gasteiger charge is 2.12. The van der Waals surface area contributed by atoms with Gasteiger partial charge in [0.15, 0.2) is 0 Å². The van der Waals surface area contributed by atoms with Crippen LogP contribution in [0.25, 0.3) is 55.0 Å². The lowest BCUT2D eigenvalue weighted by molar-refractivity contribution is 0.629. The van der Waals surface area contributed by atoms with Gasteiger partial charge in [0.25, 0.3) is 0 Å². The highest BCUT2D eigenvalue weighted by atomic mass is 19.1. The van der Waals surface area contributed by atoms with Gasteiger partial charge in [0.1, 0.15) is 5.82 Å². The lowest BCUT2D eigenvalue weighted by Gasteiger charge is -2.11. The minimum atomic E-state index is -0.300. The van der Waals surface area contributed by atoms with Gasteiger partial charge in [-0.25, -0.2) is 9.37 Å². The second-order valence-corrected chi connectivity index (χ2v) is 7.99. The fraction of sp³-hybridized carbons (Fsp3) is 0. The van der Waals surface area contributed by atoms with E-state index in [1.54, 1.807) is 12.3 Å². The summed E-state index contributed by atoms with van der Waals surface area (Å²) in [5, 5.41) is 11.9. The molecular weight excluding hydrogens is 409 g/mol. The number of hydrogen-bond donors (Lipinski definition) is 0. The number of halogens is 1. The second-order valence-electron chi connectivity index (χ2n) is 7.99. The average molecular weight is 425 g/mol. The van der Waals surface area contributed by atoms with Gasteiger partial charge in [-0.3, -0.25) is 4.98 Å². The van der Waals surface area contributed by atoms with E-state index in [4.69, 9.17) is 10.2 Å². The first-order valence-electron chi connectivity index (χ1n) is 10.6. The molecule has 4 aromatic carbocycles. The van der Waals surface area contributed by atoms with E-state index in [1.165, 1.54) is 12.1 Å².